The SMILES string of the molecule is COc1ccc(C)cc1S(=O)(=O)OCCN1C(=O)C(C)(C)Nc2ccccc21. The molecule has 1 N–H and O–H groups in total. The second-order valence-corrected chi connectivity index (χ2v) is 8.74. The molecule has 0 aliphatic carbocycles. The molecule has 7 nitrogen and oxygen atoms in total. The lowest BCUT2D eigenvalue weighted by molar-refractivity contribution is -0.122. The highest BCUT2D eigenvalue weighted by Gasteiger charge is 2.38. The highest BCUT2D eigenvalue weighted by Crippen LogP contribution is 2.35. The number of rotatable bonds is 6. The zero-order valence-electron chi connectivity index (χ0n) is 16.4. The van der Waals surface area contributed by atoms with Crippen LogP contribution in [0.2, 0.25) is 0 Å². The number of nitrogens with zero attached hydrogens (tertiary/aromatic N) is 1. The first-order valence-electron chi connectivity index (χ1n) is 8.89. The number of aryl methyl sites for hydroxylation is 1. The molecule has 0 radical (unpaired) electrons. The number of carbonyl (C=O) groups is 1. The smallest absolute Gasteiger partial charge is 0.300 e. The van der Waals surface area contributed by atoms with E-state index in [9.17, 15) is 13.2 Å². The first-order valence-corrected chi connectivity index (χ1v) is 10.3. The van der Waals surface area contributed by atoms with Crippen LogP contribution in [0.1, 0.15) is 19.4 Å². The van der Waals surface area contributed by atoms with Crippen LogP contribution in [-0.2, 0) is 19.1 Å². The van der Waals surface area contributed by atoms with Crippen molar-refractivity contribution < 1.29 is 22.1 Å². The van der Waals surface area contributed by atoms with Gasteiger partial charge in [-0.05, 0) is 50.6 Å². The van der Waals surface area contributed by atoms with E-state index < -0.39 is 15.7 Å². The van der Waals surface area contributed by atoms with E-state index in [-0.39, 0.29) is 29.7 Å². The lowest BCUT2D eigenvalue weighted by Crippen LogP contribution is -2.54. The average molecular weight is 404 g/mol. The van der Waals surface area contributed by atoms with Gasteiger partial charge >= 0.3 is 10.1 Å². The Hall–Kier alpha value is -2.58. The van der Waals surface area contributed by atoms with Gasteiger partial charge in [0.2, 0.25) is 0 Å². The molecule has 8 heteroatoms. The van der Waals surface area contributed by atoms with Crippen LogP contribution in [0.25, 0.3) is 0 Å². The zero-order chi connectivity index (χ0) is 20.5. The Bertz CT molecular complexity index is 1000. The summed E-state index contributed by atoms with van der Waals surface area (Å²) in [7, 11) is -2.62. The lowest BCUT2D eigenvalue weighted by Gasteiger charge is -2.39. The van der Waals surface area contributed by atoms with Crippen LogP contribution >= 0.6 is 0 Å². The summed E-state index contributed by atoms with van der Waals surface area (Å²) >= 11 is 0. The number of nitrogens with one attached hydrogen (secondary N) is 1. The molecule has 28 heavy (non-hydrogen) atoms. The Morgan fingerprint density at radius 3 is 2.57 bits per heavy atom. The minimum Gasteiger partial charge on any atom is -0.495 e. The quantitative estimate of drug-likeness (QED) is 0.745. The molecule has 2 aromatic carbocycles. The molecule has 1 aliphatic rings. The summed E-state index contributed by atoms with van der Waals surface area (Å²) in [5.74, 6) is 0.0654. The van der Waals surface area contributed by atoms with Gasteiger partial charge in [0, 0.05) is 0 Å². The molecule has 1 aliphatic heterocycles. The standard InChI is InChI=1S/C20H24N2O5S/c1-14-9-10-17(26-4)18(13-14)28(24,25)27-12-11-22-16-8-6-5-7-15(16)21-20(2,3)19(22)23/h5-10,13,21H,11-12H2,1-4H3. The van der Waals surface area contributed by atoms with Crippen molar-refractivity contribution in [3.63, 3.8) is 0 Å². The first kappa shape index (κ1) is 20.2. The summed E-state index contributed by atoms with van der Waals surface area (Å²) < 4.78 is 35.7. The maximum absolute atomic E-state index is 12.8. The molecule has 0 unspecified atom stereocenters. The third kappa shape index (κ3) is 3.83. The van der Waals surface area contributed by atoms with Crippen LogP contribution in [0.15, 0.2) is 47.4 Å². The van der Waals surface area contributed by atoms with Gasteiger partial charge in [0.15, 0.2) is 0 Å². The Kier molecular flexibility index (Phi) is 5.36. The van der Waals surface area contributed by atoms with Crippen molar-refractivity contribution in [3.05, 3.63) is 48.0 Å². The topological polar surface area (TPSA) is 84.9 Å². The van der Waals surface area contributed by atoms with E-state index in [1.807, 2.05) is 24.3 Å². The molecule has 150 valence electrons. The van der Waals surface area contributed by atoms with E-state index in [4.69, 9.17) is 8.92 Å². The molecule has 0 fully saturated rings. The third-order valence-electron chi connectivity index (χ3n) is 4.56. The first-order chi connectivity index (χ1) is 13.2. The summed E-state index contributed by atoms with van der Waals surface area (Å²) in [5, 5.41) is 3.20. The fraction of sp³-hybridized carbons (Fsp3) is 0.350. The number of anilines is 2. The molecule has 3 rings (SSSR count). The second kappa shape index (κ2) is 7.44. The van der Waals surface area contributed by atoms with E-state index in [0.29, 0.717) is 5.69 Å². The van der Waals surface area contributed by atoms with Gasteiger partial charge in [-0.25, -0.2) is 0 Å². The average Bonchev–Trinajstić information content (AvgIpc) is 2.64. The number of carbonyl (C=O) groups excluding carboxylic acids is 1. The van der Waals surface area contributed by atoms with Crippen LogP contribution < -0.4 is 15.0 Å². The summed E-state index contributed by atoms with van der Waals surface area (Å²) in [6.07, 6.45) is 0. The Balaban J connectivity index is 1.79. The fourth-order valence-electron chi connectivity index (χ4n) is 3.15. The van der Waals surface area contributed by atoms with Gasteiger partial charge in [-0.1, -0.05) is 18.2 Å². The summed E-state index contributed by atoms with van der Waals surface area (Å²) in [5.41, 5.74) is 1.49. The normalized spacial score (nSPS) is 15.7. The molecular formula is C20H24N2O5S. The van der Waals surface area contributed by atoms with Crippen LogP contribution in [0.5, 0.6) is 5.75 Å². The van der Waals surface area contributed by atoms with Crippen molar-refractivity contribution in [1.29, 1.82) is 0 Å². The van der Waals surface area contributed by atoms with E-state index in [1.54, 1.807) is 37.8 Å². The Labute approximate surface area is 165 Å². The predicted molar refractivity (Wildman–Crippen MR) is 107 cm³/mol. The Morgan fingerprint density at radius 1 is 1.14 bits per heavy atom. The number of benzene rings is 2. The van der Waals surface area contributed by atoms with Crippen molar-refractivity contribution in [1.82, 2.24) is 0 Å². The van der Waals surface area contributed by atoms with Gasteiger partial charge in [0.25, 0.3) is 5.91 Å². The number of hydrogen-bond acceptors (Lipinski definition) is 6. The van der Waals surface area contributed by atoms with E-state index in [0.717, 1.165) is 11.3 Å². The zero-order valence-corrected chi connectivity index (χ0v) is 17.2. The van der Waals surface area contributed by atoms with E-state index >= 15 is 0 Å². The molecule has 0 atom stereocenters. The third-order valence-corrected chi connectivity index (χ3v) is 5.90. The van der Waals surface area contributed by atoms with Gasteiger partial charge in [-0.15, -0.1) is 0 Å². The van der Waals surface area contributed by atoms with Gasteiger partial charge < -0.3 is 15.0 Å². The Morgan fingerprint density at radius 2 is 1.86 bits per heavy atom. The van der Waals surface area contributed by atoms with Crippen LogP contribution in [0.3, 0.4) is 0 Å². The molecule has 0 saturated heterocycles. The fourth-order valence-corrected chi connectivity index (χ4v) is 4.30. The number of methoxy groups -OCH3 is 1. The van der Waals surface area contributed by atoms with Crippen LogP contribution in [-0.4, -0.2) is 40.1 Å². The van der Waals surface area contributed by atoms with E-state index in [1.165, 1.54) is 13.2 Å². The van der Waals surface area contributed by atoms with Crippen molar-refractivity contribution in [2.45, 2.75) is 31.2 Å². The molecule has 0 bridgehead atoms. The molecule has 0 saturated carbocycles. The maximum atomic E-state index is 12.8. The largest absolute Gasteiger partial charge is 0.495 e. The highest BCUT2D eigenvalue weighted by molar-refractivity contribution is 7.86. The number of para-hydroxylation sites is 2. The van der Waals surface area contributed by atoms with Crippen molar-refractivity contribution >= 4 is 27.4 Å². The van der Waals surface area contributed by atoms with Gasteiger partial charge in [0.05, 0.1) is 31.6 Å². The van der Waals surface area contributed by atoms with Crippen molar-refractivity contribution in [2.75, 3.05) is 30.5 Å². The number of hydrogen-bond donors (Lipinski definition) is 1. The number of amides is 1. The monoisotopic (exact) mass is 404 g/mol. The van der Waals surface area contributed by atoms with Crippen molar-refractivity contribution in [2.24, 2.45) is 0 Å². The molecule has 2 aromatic rings. The molecule has 1 amide bonds. The maximum Gasteiger partial charge on any atom is 0.300 e. The highest BCUT2D eigenvalue weighted by atomic mass is 32.2. The molecule has 0 aromatic heterocycles. The van der Waals surface area contributed by atoms with Crippen LogP contribution in [0, 0.1) is 6.92 Å². The lowest BCUT2D eigenvalue weighted by atomic mass is 9.98. The van der Waals surface area contributed by atoms with Crippen LogP contribution in [0.4, 0.5) is 11.4 Å². The predicted octanol–water partition coefficient (Wildman–Crippen LogP) is 2.95. The minimum atomic E-state index is -4.03. The summed E-state index contributed by atoms with van der Waals surface area (Å²) in [4.78, 5) is 14.3. The van der Waals surface area contributed by atoms with E-state index in [2.05, 4.69) is 5.32 Å². The number of fused-ring (bicyclic) bond motifs is 1. The molecule has 1 heterocycles. The molecule has 0 spiro atoms. The summed E-state index contributed by atoms with van der Waals surface area (Å²) in [6.45, 7) is 5.29. The summed E-state index contributed by atoms with van der Waals surface area (Å²) in [6, 6.07) is 12.2. The molecular weight excluding hydrogens is 380 g/mol. The minimum absolute atomic E-state index is 0.0256. The second-order valence-electron chi connectivity index (χ2n) is 7.15. The van der Waals surface area contributed by atoms with Crippen molar-refractivity contribution in [3.8, 4) is 5.75 Å². The number of ether oxygens (including phenoxy) is 1. The van der Waals surface area contributed by atoms with Gasteiger partial charge in [0.1, 0.15) is 16.2 Å². The van der Waals surface area contributed by atoms with Gasteiger partial charge in [-0.2, -0.15) is 8.42 Å². The van der Waals surface area contributed by atoms with Gasteiger partial charge in [-0.3, -0.25) is 8.98 Å².